The van der Waals surface area contributed by atoms with E-state index in [2.05, 4.69) is 15.3 Å². The van der Waals surface area contributed by atoms with E-state index in [4.69, 9.17) is 11.6 Å². The topological polar surface area (TPSA) is 44.0 Å². The number of benzene rings is 1. The first kappa shape index (κ1) is 12.8. The summed E-state index contributed by atoms with van der Waals surface area (Å²) in [7, 11) is 3.95. The molecule has 2 N–H and O–H groups in total. The molecule has 96 valence electrons. The van der Waals surface area contributed by atoms with Crippen LogP contribution in [0, 0.1) is 0 Å². The standard InChI is InChI=1S/C13H17ClN4/c1-18(2)12-9-16-13(17-12)15-8-7-10-3-5-11(14)6-4-10/h3-6,9H,7-8H2,1-2H3,(H2,15,16,17). The summed E-state index contributed by atoms with van der Waals surface area (Å²) in [5.41, 5.74) is 1.26. The second-order valence-electron chi connectivity index (χ2n) is 4.31. The van der Waals surface area contributed by atoms with Gasteiger partial charge in [-0.3, -0.25) is 0 Å². The lowest BCUT2D eigenvalue weighted by molar-refractivity contribution is 0.994. The van der Waals surface area contributed by atoms with Crippen molar-refractivity contribution in [2.75, 3.05) is 30.9 Å². The molecule has 1 aromatic carbocycles. The van der Waals surface area contributed by atoms with Gasteiger partial charge in [0.1, 0.15) is 5.82 Å². The van der Waals surface area contributed by atoms with Crippen LogP contribution >= 0.6 is 11.6 Å². The van der Waals surface area contributed by atoms with Crippen molar-refractivity contribution < 1.29 is 0 Å². The normalized spacial score (nSPS) is 10.4. The van der Waals surface area contributed by atoms with Gasteiger partial charge in [0.25, 0.3) is 0 Å². The zero-order valence-electron chi connectivity index (χ0n) is 10.6. The van der Waals surface area contributed by atoms with E-state index < -0.39 is 0 Å². The fourth-order valence-electron chi connectivity index (χ4n) is 1.60. The first-order chi connectivity index (χ1) is 8.65. The number of H-pyrrole nitrogens is 1. The Kier molecular flexibility index (Phi) is 4.10. The monoisotopic (exact) mass is 264 g/mol. The molecule has 0 radical (unpaired) electrons. The summed E-state index contributed by atoms with van der Waals surface area (Å²) < 4.78 is 0. The molecule has 0 aliphatic carbocycles. The predicted octanol–water partition coefficient (Wildman–Crippen LogP) is 2.78. The van der Waals surface area contributed by atoms with Gasteiger partial charge in [-0.25, -0.2) is 4.98 Å². The fourth-order valence-corrected chi connectivity index (χ4v) is 1.73. The van der Waals surface area contributed by atoms with Gasteiger partial charge in [0.2, 0.25) is 5.95 Å². The van der Waals surface area contributed by atoms with Gasteiger partial charge in [-0.15, -0.1) is 0 Å². The SMILES string of the molecule is CN(C)c1cnc(NCCc2ccc(Cl)cc2)[nH]1. The van der Waals surface area contributed by atoms with Gasteiger partial charge in [0.15, 0.2) is 0 Å². The first-order valence-corrected chi connectivity index (χ1v) is 6.23. The van der Waals surface area contributed by atoms with Crippen LogP contribution in [0.5, 0.6) is 0 Å². The van der Waals surface area contributed by atoms with Crippen LogP contribution in [0.3, 0.4) is 0 Å². The number of anilines is 2. The van der Waals surface area contributed by atoms with E-state index in [0.29, 0.717) is 0 Å². The summed E-state index contributed by atoms with van der Waals surface area (Å²) in [4.78, 5) is 9.43. The minimum absolute atomic E-state index is 0.772. The molecule has 18 heavy (non-hydrogen) atoms. The van der Waals surface area contributed by atoms with E-state index in [0.717, 1.165) is 29.8 Å². The number of rotatable bonds is 5. The smallest absolute Gasteiger partial charge is 0.201 e. The number of aromatic amines is 1. The summed E-state index contributed by atoms with van der Waals surface area (Å²) in [6.07, 6.45) is 2.75. The van der Waals surface area contributed by atoms with Gasteiger partial charge < -0.3 is 15.2 Å². The van der Waals surface area contributed by atoms with Crippen molar-refractivity contribution in [2.45, 2.75) is 6.42 Å². The Morgan fingerprint density at radius 2 is 2.00 bits per heavy atom. The van der Waals surface area contributed by atoms with E-state index in [1.165, 1.54) is 5.56 Å². The molecule has 0 spiro atoms. The molecule has 0 unspecified atom stereocenters. The molecule has 4 nitrogen and oxygen atoms in total. The highest BCUT2D eigenvalue weighted by atomic mass is 35.5. The number of nitrogens with zero attached hydrogens (tertiary/aromatic N) is 2. The third-order valence-electron chi connectivity index (χ3n) is 2.66. The lowest BCUT2D eigenvalue weighted by atomic mass is 10.1. The van der Waals surface area contributed by atoms with Crippen molar-refractivity contribution in [3.05, 3.63) is 41.0 Å². The summed E-state index contributed by atoms with van der Waals surface area (Å²) in [5.74, 6) is 1.79. The van der Waals surface area contributed by atoms with Gasteiger partial charge in [0, 0.05) is 25.7 Å². The molecule has 5 heteroatoms. The molecular formula is C13H17ClN4. The van der Waals surface area contributed by atoms with E-state index in [1.54, 1.807) is 0 Å². The maximum Gasteiger partial charge on any atom is 0.201 e. The molecule has 0 saturated carbocycles. The third-order valence-corrected chi connectivity index (χ3v) is 2.92. The average Bonchev–Trinajstić information content (AvgIpc) is 2.81. The van der Waals surface area contributed by atoms with Crippen molar-refractivity contribution in [1.29, 1.82) is 0 Å². The second kappa shape index (κ2) is 5.78. The third kappa shape index (κ3) is 3.40. The van der Waals surface area contributed by atoms with Crippen molar-refractivity contribution in [3.8, 4) is 0 Å². The Hall–Kier alpha value is -1.68. The van der Waals surface area contributed by atoms with Crippen LogP contribution in [-0.4, -0.2) is 30.6 Å². The lowest BCUT2D eigenvalue weighted by Gasteiger charge is -2.07. The molecule has 2 aromatic rings. The number of hydrogen-bond donors (Lipinski definition) is 2. The number of nitrogens with one attached hydrogen (secondary N) is 2. The Balaban J connectivity index is 1.82. The number of halogens is 1. The van der Waals surface area contributed by atoms with Gasteiger partial charge in [-0.1, -0.05) is 23.7 Å². The number of hydrogen-bond acceptors (Lipinski definition) is 3. The van der Waals surface area contributed by atoms with Crippen LogP contribution in [0.4, 0.5) is 11.8 Å². The average molecular weight is 265 g/mol. The van der Waals surface area contributed by atoms with Crippen LogP contribution in [0.25, 0.3) is 0 Å². The molecule has 0 aliphatic rings. The minimum atomic E-state index is 0.772. The summed E-state index contributed by atoms with van der Waals surface area (Å²) >= 11 is 5.84. The van der Waals surface area contributed by atoms with E-state index in [9.17, 15) is 0 Å². The van der Waals surface area contributed by atoms with Crippen molar-refractivity contribution in [1.82, 2.24) is 9.97 Å². The van der Waals surface area contributed by atoms with Crippen molar-refractivity contribution in [3.63, 3.8) is 0 Å². The highest BCUT2D eigenvalue weighted by molar-refractivity contribution is 6.30. The van der Waals surface area contributed by atoms with Crippen LogP contribution in [0.1, 0.15) is 5.56 Å². The highest BCUT2D eigenvalue weighted by Crippen LogP contribution is 2.12. The molecule has 1 aromatic heterocycles. The maximum absolute atomic E-state index is 5.84. The van der Waals surface area contributed by atoms with Crippen LogP contribution in [0.15, 0.2) is 30.5 Å². The summed E-state index contributed by atoms with van der Waals surface area (Å²) in [6, 6.07) is 7.90. The Morgan fingerprint density at radius 3 is 2.61 bits per heavy atom. The van der Waals surface area contributed by atoms with Gasteiger partial charge in [-0.05, 0) is 24.1 Å². The molecule has 0 atom stereocenters. The van der Waals surface area contributed by atoms with Crippen LogP contribution < -0.4 is 10.2 Å². The summed E-state index contributed by atoms with van der Waals surface area (Å²) in [6.45, 7) is 0.835. The molecule has 2 rings (SSSR count). The van der Waals surface area contributed by atoms with Gasteiger partial charge >= 0.3 is 0 Å². The first-order valence-electron chi connectivity index (χ1n) is 5.86. The molecule has 1 heterocycles. The largest absolute Gasteiger partial charge is 0.363 e. The predicted molar refractivity (Wildman–Crippen MR) is 76.6 cm³/mol. The van der Waals surface area contributed by atoms with E-state index in [-0.39, 0.29) is 0 Å². The molecule has 0 aliphatic heterocycles. The van der Waals surface area contributed by atoms with Gasteiger partial charge in [-0.2, -0.15) is 0 Å². The van der Waals surface area contributed by atoms with Crippen LogP contribution in [-0.2, 0) is 6.42 Å². The Bertz CT molecular complexity index is 490. The Morgan fingerprint density at radius 1 is 1.28 bits per heavy atom. The summed E-state index contributed by atoms with van der Waals surface area (Å²) in [5, 5.41) is 4.03. The quantitative estimate of drug-likeness (QED) is 0.873. The molecular weight excluding hydrogens is 248 g/mol. The van der Waals surface area contributed by atoms with Crippen LogP contribution in [0.2, 0.25) is 5.02 Å². The fraction of sp³-hybridized carbons (Fsp3) is 0.308. The molecule has 0 fully saturated rings. The second-order valence-corrected chi connectivity index (χ2v) is 4.75. The maximum atomic E-state index is 5.84. The molecule has 0 saturated heterocycles. The van der Waals surface area contributed by atoms with Crippen molar-refractivity contribution >= 4 is 23.4 Å². The van der Waals surface area contributed by atoms with E-state index in [1.807, 2.05) is 49.5 Å². The zero-order chi connectivity index (χ0) is 13.0. The molecule has 0 amide bonds. The Labute approximate surface area is 112 Å². The van der Waals surface area contributed by atoms with E-state index >= 15 is 0 Å². The van der Waals surface area contributed by atoms with Gasteiger partial charge in [0.05, 0.1) is 6.20 Å². The zero-order valence-corrected chi connectivity index (χ0v) is 11.3. The lowest BCUT2D eigenvalue weighted by Crippen LogP contribution is -2.09. The number of imidazole rings is 1. The highest BCUT2D eigenvalue weighted by Gasteiger charge is 2.01. The molecule has 0 bridgehead atoms. The minimum Gasteiger partial charge on any atom is -0.363 e. The van der Waals surface area contributed by atoms with Crippen molar-refractivity contribution in [2.24, 2.45) is 0 Å². The number of aromatic nitrogens is 2.